The molecule has 116 valence electrons. The van der Waals surface area contributed by atoms with Crippen molar-refractivity contribution in [2.24, 2.45) is 11.7 Å². The summed E-state index contributed by atoms with van der Waals surface area (Å²) < 4.78 is 5.05. The molecule has 6 heteroatoms. The SMILES string of the molecule is COCC(C)C(=O)N1CCCCC1CNC(=O)CCN. The number of amides is 2. The lowest BCUT2D eigenvalue weighted by molar-refractivity contribution is -0.140. The summed E-state index contributed by atoms with van der Waals surface area (Å²) >= 11 is 0. The van der Waals surface area contributed by atoms with Crippen molar-refractivity contribution in [2.45, 2.75) is 38.6 Å². The topological polar surface area (TPSA) is 84.7 Å². The molecule has 0 aromatic carbocycles. The number of likely N-dealkylation sites (tertiary alicyclic amines) is 1. The van der Waals surface area contributed by atoms with E-state index >= 15 is 0 Å². The molecule has 0 aromatic rings. The Labute approximate surface area is 121 Å². The molecule has 1 aliphatic rings. The normalized spacial score (nSPS) is 20.6. The minimum atomic E-state index is -0.139. The van der Waals surface area contributed by atoms with E-state index in [-0.39, 0.29) is 23.8 Å². The first kappa shape index (κ1) is 16.9. The smallest absolute Gasteiger partial charge is 0.228 e. The number of rotatable bonds is 7. The molecule has 0 aliphatic carbocycles. The lowest BCUT2D eigenvalue weighted by Crippen LogP contribution is -2.51. The number of methoxy groups -OCH3 is 1. The zero-order valence-electron chi connectivity index (χ0n) is 12.6. The van der Waals surface area contributed by atoms with Gasteiger partial charge in [0.15, 0.2) is 0 Å². The molecule has 6 nitrogen and oxygen atoms in total. The van der Waals surface area contributed by atoms with Gasteiger partial charge in [0.25, 0.3) is 0 Å². The highest BCUT2D eigenvalue weighted by Gasteiger charge is 2.29. The first-order valence-electron chi connectivity index (χ1n) is 7.36. The molecule has 1 fully saturated rings. The largest absolute Gasteiger partial charge is 0.384 e. The Bertz CT molecular complexity index is 323. The van der Waals surface area contributed by atoms with Crippen LogP contribution in [0.4, 0.5) is 0 Å². The molecule has 0 spiro atoms. The maximum Gasteiger partial charge on any atom is 0.228 e. The summed E-state index contributed by atoms with van der Waals surface area (Å²) in [7, 11) is 1.60. The predicted octanol–water partition coefficient (Wildman–Crippen LogP) is 0.115. The van der Waals surface area contributed by atoms with Gasteiger partial charge in [0.1, 0.15) is 0 Å². The number of carbonyl (C=O) groups excluding carboxylic acids is 2. The molecule has 1 rings (SSSR count). The third-order valence-electron chi connectivity index (χ3n) is 3.65. The van der Waals surface area contributed by atoms with Gasteiger partial charge in [-0.05, 0) is 19.3 Å². The summed E-state index contributed by atoms with van der Waals surface area (Å²) in [6.45, 7) is 3.95. The Kier molecular flexibility index (Phi) is 7.54. The van der Waals surface area contributed by atoms with Crippen molar-refractivity contribution in [2.75, 3.05) is 33.4 Å². The van der Waals surface area contributed by atoms with Crippen molar-refractivity contribution in [1.29, 1.82) is 0 Å². The van der Waals surface area contributed by atoms with Crippen molar-refractivity contribution in [3.8, 4) is 0 Å². The van der Waals surface area contributed by atoms with Crippen LogP contribution in [0.25, 0.3) is 0 Å². The predicted molar refractivity (Wildman–Crippen MR) is 77.1 cm³/mol. The van der Waals surface area contributed by atoms with E-state index in [0.29, 0.717) is 26.1 Å². The van der Waals surface area contributed by atoms with E-state index in [0.717, 1.165) is 25.8 Å². The molecule has 3 N–H and O–H groups in total. The Hall–Kier alpha value is -1.14. The number of hydrogen-bond donors (Lipinski definition) is 2. The summed E-state index contributed by atoms with van der Waals surface area (Å²) in [6.07, 6.45) is 3.40. The van der Waals surface area contributed by atoms with Crippen molar-refractivity contribution in [1.82, 2.24) is 10.2 Å². The van der Waals surface area contributed by atoms with Crippen LogP contribution < -0.4 is 11.1 Å². The van der Waals surface area contributed by atoms with Gasteiger partial charge < -0.3 is 20.7 Å². The highest BCUT2D eigenvalue weighted by atomic mass is 16.5. The molecule has 1 saturated heterocycles. The van der Waals surface area contributed by atoms with Gasteiger partial charge in [0.2, 0.25) is 11.8 Å². The number of ether oxygens (including phenoxy) is 1. The van der Waals surface area contributed by atoms with Crippen LogP contribution >= 0.6 is 0 Å². The Morgan fingerprint density at radius 1 is 1.45 bits per heavy atom. The van der Waals surface area contributed by atoms with E-state index in [1.165, 1.54) is 0 Å². The van der Waals surface area contributed by atoms with E-state index in [9.17, 15) is 9.59 Å². The van der Waals surface area contributed by atoms with Gasteiger partial charge in [0.05, 0.1) is 12.5 Å². The van der Waals surface area contributed by atoms with Gasteiger partial charge in [-0.1, -0.05) is 6.92 Å². The number of piperidine rings is 1. The second-order valence-corrected chi connectivity index (χ2v) is 5.38. The van der Waals surface area contributed by atoms with Gasteiger partial charge in [-0.25, -0.2) is 0 Å². The van der Waals surface area contributed by atoms with Crippen LogP contribution in [-0.4, -0.2) is 56.1 Å². The molecule has 20 heavy (non-hydrogen) atoms. The van der Waals surface area contributed by atoms with Crippen LogP contribution in [-0.2, 0) is 14.3 Å². The van der Waals surface area contributed by atoms with Gasteiger partial charge in [0, 0.05) is 39.2 Å². The van der Waals surface area contributed by atoms with E-state index in [2.05, 4.69) is 5.32 Å². The number of carbonyl (C=O) groups is 2. The van der Waals surface area contributed by atoms with Crippen LogP contribution in [0.5, 0.6) is 0 Å². The summed E-state index contributed by atoms with van der Waals surface area (Å²) in [4.78, 5) is 25.8. The molecule has 2 atom stereocenters. The standard InChI is InChI=1S/C14H27N3O3/c1-11(10-20-2)14(19)17-8-4-3-5-12(17)9-16-13(18)6-7-15/h11-12H,3-10,15H2,1-2H3,(H,16,18). The molecule has 0 aromatic heterocycles. The quantitative estimate of drug-likeness (QED) is 0.695. The first-order valence-corrected chi connectivity index (χ1v) is 7.36. The minimum Gasteiger partial charge on any atom is -0.384 e. The Morgan fingerprint density at radius 2 is 2.20 bits per heavy atom. The fourth-order valence-corrected chi connectivity index (χ4v) is 2.56. The molecule has 0 radical (unpaired) electrons. The van der Waals surface area contributed by atoms with Gasteiger partial charge >= 0.3 is 0 Å². The molecule has 2 unspecified atom stereocenters. The third kappa shape index (κ3) is 5.09. The lowest BCUT2D eigenvalue weighted by atomic mass is 9.99. The fourth-order valence-electron chi connectivity index (χ4n) is 2.56. The maximum atomic E-state index is 12.4. The average Bonchev–Trinajstić information content (AvgIpc) is 2.45. The summed E-state index contributed by atoms with van der Waals surface area (Å²) in [6, 6.07) is 0.0947. The van der Waals surface area contributed by atoms with E-state index < -0.39 is 0 Å². The first-order chi connectivity index (χ1) is 9.60. The molecule has 2 amide bonds. The molecule has 0 bridgehead atoms. The van der Waals surface area contributed by atoms with Gasteiger partial charge in [-0.3, -0.25) is 9.59 Å². The molecular formula is C14H27N3O3. The Morgan fingerprint density at radius 3 is 2.85 bits per heavy atom. The second-order valence-electron chi connectivity index (χ2n) is 5.38. The number of nitrogens with two attached hydrogens (primary N) is 1. The minimum absolute atomic E-state index is 0.0459. The lowest BCUT2D eigenvalue weighted by Gasteiger charge is -2.37. The van der Waals surface area contributed by atoms with Crippen LogP contribution in [0.15, 0.2) is 0 Å². The number of hydrogen-bond acceptors (Lipinski definition) is 4. The zero-order chi connectivity index (χ0) is 15.0. The maximum absolute atomic E-state index is 12.4. The van der Waals surface area contributed by atoms with E-state index in [1.807, 2.05) is 11.8 Å². The van der Waals surface area contributed by atoms with Gasteiger partial charge in [-0.15, -0.1) is 0 Å². The van der Waals surface area contributed by atoms with Crippen molar-refractivity contribution < 1.29 is 14.3 Å². The highest BCUT2D eigenvalue weighted by molar-refractivity contribution is 5.79. The monoisotopic (exact) mass is 285 g/mol. The number of nitrogens with one attached hydrogen (secondary N) is 1. The Balaban J connectivity index is 2.53. The molecule has 1 aliphatic heterocycles. The van der Waals surface area contributed by atoms with Crippen LogP contribution in [0.1, 0.15) is 32.6 Å². The van der Waals surface area contributed by atoms with Crippen LogP contribution in [0, 0.1) is 5.92 Å². The average molecular weight is 285 g/mol. The number of nitrogens with zero attached hydrogens (tertiary/aromatic N) is 1. The van der Waals surface area contributed by atoms with Crippen molar-refractivity contribution >= 4 is 11.8 Å². The summed E-state index contributed by atoms with van der Waals surface area (Å²) in [5.41, 5.74) is 5.35. The van der Waals surface area contributed by atoms with E-state index in [4.69, 9.17) is 10.5 Å². The van der Waals surface area contributed by atoms with Crippen LogP contribution in [0.3, 0.4) is 0 Å². The second kappa shape index (κ2) is 8.92. The summed E-state index contributed by atoms with van der Waals surface area (Å²) in [5, 5.41) is 2.87. The highest BCUT2D eigenvalue weighted by Crippen LogP contribution is 2.19. The molecular weight excluding hydrogens is 258 g/mol. The van der Waals surface area contributed by atoms with E-state index in [1.54, 1.807) is 7.11 Å². The third-order valence-corrected chi connectivity index (χ3v) is 3.65. The summed E-state index contributed by atoms with van der Waals surface area (Å²) in [5.74, 6) is -0.0691. The van der Waals surface area contributed by atoms with Gasteiger partial charge in [-0.2, -0.15) is 0 Å². The molecule has 0 saturated carbocycles. The van der Waals surface area contributed by atoms with Crippen molar-refractivity contribution in [3.63, 3.8) is 0 Å². The molecule has 1 heterocycles. The van der Waals surface area contributed by atoms with Crippen molar-refractivity contribution in [3.05, 3.63) is 0 Å². The van der Waals surface area contributed by atoms with Crippen LogP contribution in [0.2, 0.25) is 0 Å². The zero-order valence-corrected chi connectivity index (χ0v) is 12.6. The fraction of sp³-hybridized carbons (Fsp3) is 0.857.